The topological polar surface area (TPSA) is 22.0 Å². The number of hydrogen-bond donors (Lipinski definition) is 0. The van der Waals surface area contributed by atoms with Crippen LogP contribution in [0, 0.1) is 0 Å². The van der Waals surface area contributed by atoms with Gasteiger partial charge in [-0.1, -0.05) is 50.2 Å². The lowest BCUT2D eigenvalue weighted by Gasteiger charge is -2.15. The molecule has 0 amide bonds. The van der Waals surface area contributed by atoms with Crippen LogP contribution in [0.4, 0.5) is 0 Å². The second-order valence-corrected chi connectivity index (χ2v) is 5.31. The van der Waals surface area contributed by atoms with Crippen LogP contribution in [0.1, 0.15) is 25.3 Å². The van der Waals surface area contributed by atoms with Crippen molar-refractivity contribution in [2.45, 2.75) is 19.8 Å². The van der Waals surface area contributed by atoms with Crippen LogP contribution in [-0.2, 0) is 7.05 Å². The minimum atomic E-state index is 0.0798. The van der Waals surface area contributed by atoms with Crippen molar-refractivity contribution in [2.24, 2.45) is 7.05 Å². The Morgan fingerprint density at radius 2 is 1.53 bits per heavy atom. The van der Waals surface area contributed by atoms with E-state index in [-0.39, 0.29) is 5.56 Å². The zero-order valence-electron chi connectivity index (χ0n) is 11.5. The zero-order chi connectivity index (χ0) is 13.6. The molecule has 0 atom stereocenters. The molecule has 0 bridgehead atoms. The maximum Gasteiger partial charge on any atom is 0.258 e. The summed E-state index contributed by atoms with van der Waals surface area (Å²) in [5.41, 5.74) is 2.36. The first-order valence-electron chi connectivity index (χ1n) is 6.61. The van der Waals surface area contributed by atoms with Gasteiger partial charge < -0.3 is 4.57 Å². The minimum Gasteiger partial charge on any atom is -0.310 e. The van der Waals surface area contributed by atoms with Crippen molar-refractivity contribution in [3.63, 3.8) is 0 Å². The smallest absolute Gasteiger partial charge is 0.258 e. The summed E-state index contributed by atoms with van der Waals surface area (Å²) < 4.78 is 1.78. The number of hydrogen-bond acceptors (Lipinski definition) is 1. The highest BCUT2D eigenvalue weighted by Crippen LogP contribution is 2.28. The first-order chi connectivity index (χ1) is 9.11. The maximum absolute atomic E-state index is 12.5. The van der Waals surface area contributed by atoms with Gasteiger partial charge in [-0.2, -0.15) is 0 Å². The number of fused-ring (bicyclic) bond motifs is 3. The third-order valence-electron chi connectivity index (χ3n) is 3.78. The van der Waals surface area contributed by atoms with Gasteiger partial charge in [-0.25, -0.2) is 0 Å². The van der Waals surface area contributed by atoms with Crippen LogP contribution in [0.5, 0.6) is 0 Å². The summed E-state index contributed by atoms with van der Waals surface area (Å²) in [5, 5.41) is 2.99. The number of nitrogens with zero attached hydrogens (tertiary/aromatic N) is 1. The molecule has 0 N–H and O–H groups in total. The highest BCUT2D eigenvalue weighted by Gasteiger charge is 2.12. The third kappa shape index (κ3) is 1.67. The molecule has 0 aliphatic carbocycles. The number of para-hydroxylation sites is 1. The Morgan fingerprint density at radius 1 is 0.895 bits per heavy atom. The van der Waals surface area contributed by atoms with Crippen LogP contribution in [0.3, 0.4) is 0 Å². The standard InChI is InChI=1S/C17H17NO/c1-11(2)12-9-6-10-14-13-7-4-5-8-15(13)17(19)18(3)16(12)14/h4-11H,1-3H3. The van der Waals surface area contributed by atoms with Crippen LogP contribution in [-0.4, -0.2) is 4.57 Å². The van der Waals surface area contributed by atoms with Crippen LogP contribution >= 0.6 is 0 Å². The Kier molecular flexibility index (Phi) is 2.67. The number of pyridine rings is 1. The molecule has 3 rings (SSSR count). The van der Waals surface area contributed by atoms with Crippen LogP contribution in [0.2, 0.25) is 0 Å². The molecule has 0 spiro atoms. The molecule has 2 nitrogen and oxygen atoms in total. The van der Waals surface area contributed by atoms with Gasteiger partial charge in [0.1, 0.15) is 0 Å². The summed E-state index contributed by atoms with van der Waals surface area (Å²) in [5.74, 6) is 0.399. The highest BCUT2D eigenvalue weighted by molar-refractivity contribution is 6.06. The third-order valence-corrected chi connectivity index (χ3v) is 3.78. The molecule has 0 saturated heterocycles. The fraction of sp³-hybridized carbons (Fsp3) is 0.235. The van der Waals surface area contributed by atoms with Crippen molar-refractivity contribution in [3.05, 3.63) is 58.4 Å². The molecular formula is C17H17NO. The number of aromatic nitrogens is 1. The summed E-state index contributed by atoms with van der Waals surface area (Å²) in [6.45, 7) is 4.32. The molecule has 0 aliphatic heterocycles. The largest absolute Gasteiger partial charge is 0.310 e. The monoisotopic (exact) mass is 251 g/mol. The average Bonchev–Trinajstić information content (AvgIpc) is 2.44. The molecule has 19 heavy (non-hydrogen) atoms. The van der Waals surface area contributed by atoms with Gasteiger partial charge in [0, 0.05) is 17.8 Å². The lowest BCUT2D eigenvalue weighted by Crippen LogP contribution is -2.18. The van der Waals surface area contributed by atoms with Gasteiger partial charge in [0.15, 0.2) is 0 Å². The van der Waals surface area contributed by atoms with E-state index in [9.17, 15) is 4.79 Å². The fourth-order valence-corrected chi connectivity index (χ4v) is 2.81. The molecule has 1 aromatic heterocycles. The molecular weight excluding hydrogens is 234 g/mol. The predicted molar refractivity (Wildman–Crippen MR) is 80.8 cm³/mol. The van der Waals surface area contributed by atoms with E-state index in [1.165, 1.54) is 5.56 Å². The highest BCUT2D eigenvalue weighted by atomic mass is 16.1. The van der Waals surface area contributed by atoms with Crippen LogP contribution in [0.15, 0.2) is 47.3 Å². The summed E-state index contributed by atoms with van der Waals surface area (Å²) >= 11 is 0. The Hall–Kier alpha value is -2.09. The summed E-state index contributed by atoms with van der Waals surface area (Å²) in [7, 11) is 1.86. The summed E-state index contributed by atoms with van der Waals surface area (Å²) in [4.78, 5) is 12.5. The Bertz CT molecular complexity index is 828. The van der Waals surface area contributed by atoms with Crippen molar-refractivity contribution in [2.75, 3.05) is 0 Å². The number of aryl methyl sites for hydroxylation is 1. The molecule has 0 aliphatic rings. The molecule has 2 aromatic carbocycles. The minimum absolute atomic E-state index is 0.0798. The van der Waals surface area contributed by atoms with E-state index in [4.69, 9.17) is 0 Å². The summed E-state index contributed by atoms with van der Waals surface area (Å²) in [6, 6.07) is 14.1. The van der Waals surface area contributed by atoms with Crippen LogP contribution in [0.25, 0.3) is 21.7 Å². The lowest BCUT2D eigenvalue weighted by atomic mass is 9.97. The zero-order valence-corrected chi connectivity index (χ0v) is 11.5. The van der Waals surface area contributed by atoms with E-state index in [1.54, 1.807) is 4.57 Å². The molecule has 0 radical (unpaired) electrons. The Morgan fingerprint density at radius 3 is 2.21 bits per heavy atom. The van der Waals surface area contributed by atoms with E-state index in [0.29, 0.717) is 5.92 Å². The van der Waals surface area contributed by atoms with E-state index in [2.05, 4.69) is 32.0 Å². The quantitative estimate of drug-likeness (QED) is 0.603. The average molecular weight is 251 g/mol. The predicted octanol–water partition coefficient (Wildman–Crippen LogP) is 3.82. The van der Waals surface area contributed by atoms with Crippen LogP contribution < -0.4 is 5.56 Å². The van der Waals surface area contributed by atoms with E-state index < -0.39 is 0 Å². The first-order valence-corrected chi connectivity index (χ1v) is 6.61. The first kappa shape index (κ1) is 12.0. The summed E-state index contributed by atoms with van der Waals surface area (Å²) in [6.07, 6.45) is 0. The second kappa shape index (κ2) is 4.23. The maximum atomic E-state index is 12.5. The SMILES string of the molecule is CC(C)c1cccc2c3ccccc3c(=O)n(C)c12. The number of benzene rings is 2. The number of rotatable bonds is 1. The van der Waals surface area contributed by atoms with E-state index in [0.717, 1.165) is 21.7 Å². The molecule has 96 valence electrons. The Balaban J connectivity index is 2.66. The molecule has 3 aromatic rings. The van der Waals surface area contributed by atoms with Gasteiger partial charge in [-0.05, 0) is 22.9 Å². The van der Waals surface area contributed by atoms with Crippen molar-refractivity contribution < 1.29 is 0 Å². The molecule has 1 heterocycles. The van der Waals surface area contributed by atoms with Crippen molar-refractivity contribution in [1.82, 2.24) is 4.57 Å². The fourth-order valence-electron chi connectivity index (χ4n) is 2.81. The van der Waals surface area contributed by atoms with Gasteiger partial charge in [0.2, 0.25) is 0 Å². The lowest BCUT2D eigenvalue weighted by molar-refractivity contribution is 0.844. The van der Waals surface area contributed by atoms with Crippen molar-refractivity contribution in [1.29, 1.82) is 0 Å². The molecule has 0 unspecified atom stereocenters. The van der Waals surface area contributed by atoms with E-state index in [1.807, 2.05) is 31.3 Å². The van der Waals surface area contributed by atoms with Gasteiger partial charge in [-0.15, -0.1) is 0 Å². The van der Waals surface area contributed by atoms with Crippen molar-refractivity contribution in [3.8, 4) is 0 Å². The van der Waals surface area contributed by atoms with Gasteiger partial charge in [0.25, 0.3) is 5.56 Å². The van der Waals surface area contributed by atoms with Gasteiger partial charge >= 0.3 is 0 Å². The molecule has 0 fully saturated rings. The molecule has 2 heteroatoms. The van der Waals surface area contributed by atoms with E-state index >= 15 is 0 Å². The van der Waals surface area contributed by atoms with Gasteiger partial charge in [-0.3, -0.25) is 4.79 Å². The molecule has 0 saturated carbocycles. The normalized spacial score (nSPS) is 11.6. The second-order valence-electron chi connectivity index (χ2n) is 5.31. The Labute approximate surface area is 112 Å². The van der Waals surface area contributed by atoms with Crippen molar-refractivity contribution >= 4 is 21.7 Å². The van der Waals surface area contributed by atoms with Gasteiger partial charge in [0.05, 0.1) is 5.52 Å².